The Hall–Kier alpha value is -3.80. The first-order valence-corrected chi connectivity index (χ1v) is 11.3. The molecular formula is C27H29N3O3. The summed E-state index contributed by atoms with van der Waals surface area (Å²) in [6, 6.07) is 19.6. The van der Waals surface area contributed by atoms with E-state index in [1.54, 1.807) is 30.3 Å². The zero-order valence-electron chi connectivity index (χ0n) is 19.0. The number of benzene rings is 2. The van der Waals surface area contributed by atoms with Crippen LogP contribution in [0.5, 0.6) is 0 Å². The number of carbonyl (C=O) groups is 2. The molecule has 0 saturated carbocycles. The van der Waals surface area contributed by atoms with E-state index in [1.165, 1.54) is 17.5 Å². The summed E-state index contributed by atoms with van der Waals surface area (Å²) in [6.45, 7) is 5.54. The second-order valence-corrected chi connectivity index (χ2v) is 8.38. The van der Waals surface area contributed by atoms with Gasteiger partial charge in [0.15, 0.2) is 0 Å². The summed E-state index contributed by atoms with van der Waals surface area (Å²) in [5.74, 6) is -0.195. The Morgan fingerprint density at radius 2 is 1.88 bits per heavy atom. The molecule has 33 heavy (non-hydrogen) atoms. The highest BCUT2D eigenvalue weighted by Crippen LogP contribution is 2.31. The lowest BCUT2D eigenvalue weighted by Crippen LogP contribution is -2.37. The van der Waals surface area contributed by atoms with E-state index in [0.29, 0.717) is 23.9 Å². The zero-order valence-corrected chi connectivity index (χ0v) is 19.0. The third-order valence-electron chi connectivity index (χ3n) is 5.85. The highest BCUT2D eigenvalue weighted by Gasteiger charge is 2.24. The van der Waals surface area contributed by atoms with Crippen LogP contribution in [0.15, 0.2) is 77.0 Å². The third-order valence-corrected chi connectivity index (χ3v) is 5.85. The second kappa shape index (κ2) is 10.2. The maximum atomic E-state index is 12.9. The number of nitrogens with zero attached hydrogens (tertiary/aromatic N) is 1. The lowest BCUT2D eigenvalue weighted by molar-refractivity contribution is -0.117. The lowest BCUT2D eigenvalue weighted by atomic mass is 10.1. The van der Waals surface area contributed by atoms with Crippen molar-refractivity contribution in [2.24, 2.45) is 0 Å². The molecule has 6 heteroatoms. The van der Waals surface area contributed by atoms with Crippen LogP contribution in [0.2, 0.25) is 0 Å². The summed E-state index contributed by atoms with van der Waals surface area (Å²) in [5, 5.41) is 5.67. The van der Waals surface area contributed by atoms with E-state index < -0.39 is 0 Å². The van der Waals surface area contributed by atoms with E-state index in [2.05, 4.69) is 46.7 Å². The number of furan rings is 1. The Morgan fingerprint density at radius 3 is 2.64 bits per heavy atom. The predicted octanol–water partition coefficient (Wildman–Crippen LogP) is 4.32. The van der Waals surface area contributed by atoms with E-state index in [9.17, 15) is 9.59 Å². The van der Waals surface area contributed by atoms with Gasteiger partial charge in [-0.05, 0) is 62.6 Å². The first-order chi connectivity index (χ1) is 16.0. The van der Waals surface area contributed by atoms with Crippen molar-refractivity contribution in [3.05, 3.63) is 95.1 Å². The minimum atomic E-state index is -0.346. The van der Waals surface area contributed by atoms with Crippen LogP contribution < -0.4 is 15.5 Å². The number of anilines is 1. The van der Waals surface area contributed by atoms with Gasteiger partial charge >= 0.3 is 0 Å². The van der Waals surface area contributed by atoms with Crippen LogP contribution in [0, 0.1) is 6.92 Å². The summed E-state index contributed by atoms with van der Waals surface area (Å²) in [4.78, 5) is 28.0. The van der Waals surface area contributed by atoms with Gasteiger partial charge in [0.05, 0.1) is 6.26 Å². The highest BCUT2D eigenvalue weighted by atomic mass is 16.3. The largest absolute Gasteiger partial charge is 0.465 e. The van der Waals surface area contributed by atoms with Crippen molar-refractivity contribution >= 4 is 23.6 Å². The molecule has 0 aliphatic carbocycles. The number of amides is 2. The van der Waals surface area contributed by atoms with E-state index in [-0.39, 0.29) is 17.5 Å². The van der Waals surface area contributed by atoms with E-state index in [4.69, 9.17) is 4.42 Å². The maximum absolute atomic E-state index is 12.9. The topological polar surface area (TPSA) is 74.6 Å². The van der Waals surface area contributed by atoms with Crippen molar-refractivity contribution < 1.29 is 14.0 Å². The second-order valence-electron chi connectivity index (χ2n) is 8.38. The Kier molecular flexibility index (Phi) is 6.93. The summed E-state index contributed by atoms with van der Waals surface area (Å²) in [6.07, 6.45) is 4.91. The van der Waals surface area contributed by atoms with Crippen molar-refractivity contribution in [3.63, 3.8) is 0 Å². The highest BCUT2D eigenvalue weighted by molar-refractivity contribution is 6.05. The van der Waals surface area contributed by atoms with Crippen molar-refractivity contribution in [2.75, 3.05) is 18.0 Å². The standard InChI is InChI=1S/C27H29N3O3/c1-19-10-12-21(13-11-19)26(31)29-24(18-23-8-5-16-33-23)27(32)28-14-6-15-30-20(2)17-22-7-3-4-9-25(22)30/h3-5,7-13,16,18,20H,6,14-15,17H2,1-2H3,(H,28,32)(H,29,31)/b24-18-/t20-/m1/s1. The summed E-state index contributed by atoms with van der Waals surface area (Å²) in [5.41, 5.74) is 4.35. The monoisotopic (exact) mass is 443 g/mol. The van der Waals surface area contributed by atoms with Crippen LogP contribution in [-0.2, 0) is 11.2 Å². The fourth-order valence-corrected chi connectivity index (χ4v) is 4.09. The van der Waals surface area contributed by atoms with Gasteiger partial charge in [-0.3, -0.25) is 9.59 Å². The summed E-state index contributed by atoms with van der Waals surface area (Å²) in [7, 11) is 0. The van der Waals surface area contributed by atoms with E-state index in [1.807, 2.05) is 19.1 Å². The molecule has 2 amide bonds. The van der Waals surface area contributed by atoms with Gasteiger partial charge in [0.2, 0.25) is 0 Å². The predicted molar refractivity (Wildman–Crippen MR) is 130 cm³/mol. The van der Waals surface area contributed by atoms with Crippen LogP contribution >= 0.6 is 0 Å². The van der Waals surface area contributed by atoms with Gasteiger partial charge < -0.3 is 20.0 Å². The molecular weight excluding hydrogens is 414 g/mol. The van der Waals surface area contributed by atoms with Crippen LogP contribution in [0.4, 0.5) is 5.69 Å². The van der Waals surface area contributed by atoms with Crippen LogP contribution in [0.3, 0.4) is 0 Å². The zero-order chi connectivity index (χ0) is 23.2. The molecule has 0 radical (unpaired) electrons. The minimum Gasteiger partial charge on any atom is -0.465 e. The van der Waals surface area contributed by atoms with E-state index >= 15 is 0 Å². The fourth-order valence-electron chi connectivity index (χ4n) is 4.09. The molecule has 0 unspecified atom stereocenters. The molecule has 1 aliphatic heterocycles. The Balaban J connectivity index is 1.36. The van der Waals surface area contributed by atoms with Gasteiger partial charge in [0.1, 0.15) is 11.5 Å². The minimum absolute atomic E-state index is 0.149. The number of para-hydroxylation sites is 1. The van der Waals surface area contributed by atoms with Gasteiger partial charge in [-0.2, -0.15) is 0 Å². The number of hydrogen-bond donors (Lipinski definition) is 2. The number of rotatable bonds is 8. The quantitative estimate of drug-likeness (QED) is 0.402. The van der Waals surface area contributed by atoms with Gasteiger partial charge in [-0.15, -0.1) is 0 Å². The number of nitrogens with one attached hydrogen (secondary N) is 2. The van der Waals surface area contributed by atoms with Gasteiger partial charge in [0, 0.05) is 36.5 Å². The molecule has 0 fully saturated rings. The number of hydrogen-bond acceptors (Lipinski definition) is 4. The Morgan fingerprint density at radius 1 is 1.09 bits per heavy atom. The number of aryl methyl sites for hydroxylation is 1. The van der Waals surface area contributed by atoms with Gasteiger partial charge in [-0.1, -0.05) is 35.9 Å². The first-order valence-electron chi connectivity index (χ1n) is 11.3. The third kappa shape index (κ3) is 5.52. The summed E-state index contributed by atoms with van der Waals surface area (Å²) >= 11 is 0. The molecule has 2 heterocycles. The SMILES string of the molecule is Cc1ccc(C(=O)N/C(=C\c2ccco2)C(=O)NCCCN2c3ccccc3C[C@H]2C)cc1. The van der Waals surface area contributed by atoms with Crippen LogP contribution in [0.1, 0.15) is 40.6 Å². The normalized spacial score (nSPS) is 15.3. The molecule has 1 aromatic heterocycles. The van der Waals surface area contributed by atoms with Crippen LogP contribution in [0.25, 0.3) is 6.08 Å². The van der Waals surface area contributed by atoms with E-state index in [0.717, 1.165) is 24.9 Å². The molecule has 2 N–H and O–H groups in total. The average molecular weight is 444 g/mol. The van der Waals surface area contributed by atoms with Crippen molar-refractivity contribution in [3.8, 4) is 0 Å². The lowest BCUT2D eigenvalue weighted by Gasteiger charge is -2.25. The maximum Gasteiger partial charge on any atom is 0.267 e. The average Bonchev–Trinajstić information content (AvgIpc) is 3.43. The Bertz CT molecular complexity index is 1130. The van der Waals surface area contributed by atoms with Gasteiger partial charge in [-0.25, -0.2) is 0 Å². The molecule has 3 aromatic rings. The molecule has 1 aliphatic rings. The van der Waals surface area contributed by atoms with Crippen molar-refractivity contribution in [2.45, 2.75) is 32.7 Å². The summed E-state index contributed by atoms with van der Waals surface area (Å²) < 4.78 is 5.34. The van der Waals surface area contributed by atoms with Gasteiger partial charge in [0.25, 0.3) is 11.8 Å². The van der Waals surface area contributed by atoms with Crippen LogP contribution in [-0.4, -0.2) is 30.9 Å². The molecule has 0 bridgehead atoms. The molecule has 6 nitrogen and oxygen atoms in total. The first kappa shape index (κ1) is 22.4. The molecule has 170 valence electrons. The molecule has 1 atom stereocenters. The van der Waals surface area contributed by atoms with Crippen molar-refractivity contribution in [1.82, 2.24) is 10.6 Å². The molecule has 0 spiro atoms. The molecule has 2 aromatic carbocycles. The smallest absolute Gasteiger partial charge is 0.267 e. The molecule has 4 rings (SSSR count). The number of fused-ring (bicyclic) bond motifs is 1. The molecule has 0 saturated heterocycles. The number of carbonyl (C=O) groups excluding carboxylic acids is 2. The Labute approximate surface area is 194 Å². The fraction of sp³-hybridized carbons (Fsp3) is 0.259. The van der Waals surface area contributed by atoms with Crippen molar-refractivity contribution in [1.29, 1.82) is 0 Å².